The molecule has 0 bridgehead atoms. The lowest BCUT2D eigenvalue weighted by Gasteiger charge is -2.34. The Kier molecular flexibility index (Phi) is 6.24. The fraction of sp³-hybridized carbons (Fsp3) is 1.00. The van der Waals surface area contributed by atoms with Gasteiger partial charge in [0, 0.05) is 10.5 Å². The maximum Gasteiger partial charge on any atom is 0.353 e. The van der Waals surface area contributed by atoms with Crippen molar-refractivity contribution in [1.29, 1.82) is 0 Å². The van der Waals surface area contributed by atoms with Gasteiger partial charge in [-0.1, -0.05) is 13.8 Å². The van der Waals surface area contributed by atoms with Gasteiger partial charge in [-0.3, -0.25) is 4.57 Å². The Balaban J connectivity index is 2.73. The minimum Gasteiger partial charge on any atom is -0.308 e. The van der Waals surface area contributed by atoms with Crippen molar-refractivity contribution in [1.82, 2.24) is 0 Å². The lowest BCUT2D eigenvalue weighted by atomic mass is 10.3. The van der Waals surface area contributed by atoms with Gasteiger partial charge < -0.3 is 9.05 Å². The van der Waals surface area contributed by atoms with Crippen LogP contribution >= 0.6 is 31.1 Å². The van der Waals surface area contributed by atoms with E-state index in [1.165, 1.54) is 0 Å². The summed E-state index contributed by atoms with van der Waals surface area (Å²) in [6.07, 6.45) is 1.16. The highest BCUT2D eigenvalue weighted by molar-refractivity contribution is 8.24. The molecule has 0 spiro atoms. The van der Waals surface area contributed by atoms with Crippen LogP contribution in [0.4, 0.5) is 0 Å². The van der Waals surface area contributed by atoms with Crippen molar-refractivity contribution in [3.8, 4) is 0 Å². The third-order valence-corrected chi connectivity index (χ3v) is 8.72. The van der Waals surface area contributed by atoms with Crippen LogP contribution in [0.25, 0.3) is 0 Å². The first kappa shape index (κ1) is 14.9. The second-order valence-electron chi connectivity index (χ2n) is 3.81. The van der Waals surface area contributed by atoms with E-state index in [2.05, 4.69) is 13.8 Å². The Labute approximate surface area is 107 Å². The molecular formula is C10H21O3PS2. The van der Waals surface area contributed by atoms with Gasteiger partial charge in [-0.05, 0) is 20.3 Å². The molecule has 6 heteroatoms. The van der Waals surface area contributed by atoms with Gasteiger partial charge in [-0.25, -0.2) is 0 Å². The first-order chi connectivity index (χ1) is 7.51. The van der Waals surface area contributed by atoms with E-state index >= 15 is 0 Å². The molecule has 0 aromatic carbocycles. The number of hydrogen-bond acceptors (Lipinski definition) is 5. The monoisotopic (exact) mass is 284 g/mol. The van der Waals surface area contributed by atoms with Crippen LogP contribution in [0, 0.1) is 0 Å². The Morgan fingerprint density at radius 3 is 1.94 bits per heavy atom. The number of rotatable bonds is 5. The summed E-state index contributed by atoms with van der Waals surface area (Å²) in [7, 11) is -2.94. The summed E-state index contributed by atoms with van der Waals surface area (Å²) in [5.41, 5.74) is 0. The Hall–Kier alpha value is 0.850. The van der Waals surface area contributed by atoms with Crippen molar-refractivity contribution in [3.63, 3.8) is 0 Å². The zero-order valence-electron chi connectivity index (χ0n) is 10.3. The third-order valence-electron chi connectivity index (χ3n) is 2.24. The molecule has 96 valence electrons. The van der Waals surface area contributed by atoms with Crippen LogP contribution in [0.2, 0.25) is 0 Å². The molecule has 0 saturated carbocycles. The molecule has 1 aliphatic heterocycles. The van der Waals surface area contributed by atoms with E-state index in [1.54, 1.807) is 23.5 Å². The zero-order chi connectivity index (χ0) is 12.2. The van der Waals surface area contributed by atoms with E-state index in [9.17, 15) is 4.57 Å². The molecule has 0 radical (unpaired) electrons. The first-order valence-electron chi connectivity index (χ1n) is 5.71. The Bertz CT molecular complexity index is 242. The van der Waals surface area contributed by atoms with Crippen LogP contribution in [0.3, 0.4) is 0 Å². The van der Waals surface area contributed by atoms with Crippen LogP contribution in [-0.2, 0) is 13.6 Å². The lowest BCUT2D eigenvalue weighted by Crippen LogP contribution is -2.21. The van der Waals surface area contributed by atoms with Crippen molar-refractivity contribution in [2.24, 2.45) is 0 Å². The van der Waals surface area contributed by atoms with E-state index in [4.69, 9.17) is 9.05 Å². The molecular weight excluding hydrogens is 263 g/mol. The molecule has 0 N–H and O–H groups in total. The normalized spacial score (nSPS) is 31.6. The summed E-state index contributed by atoms with van der Waals surface area (Å²) in [6, 6.07) is 0. The summed E-state index contributed by atoms with van der Waals surface area (Å²) >= 11 is 3.45. The molecule has 1 rings (SSSR count). The maximum absolute atomic E-state index is 12.6. The summed E-state index contributed by atoms with van der Waals surface area (Å²) in [4.78, 5) is 0. The molecule has 16 heavy (non-hydrogen) atoms. The van der Waals surface area contributed by atoms with Crippen molar-refractivity contribution >= 4 is 31.1 Å². The SMILES string of the molecule is CCOP(=O)(OCC)C1S[C@H](C)C[C@H](C)S1. The third kappa shape index (κ3) is 3.95. The lowest BCUT2D eigenvalue weighted by molar-refractivity contribution is 0.222. The maximum atomic E-state index is 12.6. The Morgan fingerprint density at radius 1 is 1.12 bits per heavy atom. The van der Waals surface area contributed by atoms with Crippen LogP contribution in [0.15, 0.2) is 0 Å². The average molecular weight is 284 g/mol. The molecule has 0 aromatic heterocycles. The molecule has 1 heterocycles. The van der Waals surface area contributed by atoms with E-state index in [0.29, 0.717) is 23.7 Å². The molecule has 1 fully saturated rings. The van der Waals surface area contributed by atoms with E-state index in [-0.39, 0.29) is 4.32 Å². The number of hydrogen-bond donors (Lipinski definition) is 0. The van der Waals surface area contributed by atoms with Gasteiger partial charge in [0.05, 0.1) is 13.2 Å². The van der Waals surface area contributed by atoms with Crippen molar-refractivity contribution in [2.75, 3.05) is 13.2 Å². The van der Waals surface area contributed by atoms with Crippen molar-refractivity contribution < 1.29 is 13.6 Å². The topological polar surface area (TPSA) is 35.5 Å². The van der Waals surface area contributed by atoms with E-state index < -0.39 is 7.60 Å². The first-order valence-corrected chi connectivity index (χ1v) is 9.21. The smallest absolute Gasteiger partial charge is 0.308 e. The molecule has 1 aliphatic rings. The van der Waals surface area contributed by atoms with Crippen molar-refractivity contribution in [3.05, 3.63) is 0 Å². The average Bonchev–Trinajstić information content (AvgIpc) is 2.16. The van der Waals surface area contributed by atoms with Crippen LogP contribution < -0.4 is 0 Å². The largest absolute Gasteiger partial charge is 0.353 e. The molecule has 0 aliphatic carbocycles. The Morgan fingerprint density at radius 2 is 1.56 bits per heavy atom. The van der Waals surface area contributed by atoms with Gasteiger partial charge in [0.25, 0.3) is 0 Å². The predicted octanol–water partition coefficient (Wildman–Crippen LogP) is 4.18. The predicted molar refractivity (Wildman–Crippen MR) is 73.4 cm³/mol. The van der Waals surface area contributed by atoms with Crippen molar-refractivity contribution in [2.45, 2.75) is 48.9 Å². The minimum atomic E-state index is -2.94. The van der Waals surface area contributed by atoms with E-state index in [0.717, 1.165) is 6.42 Å². The van der Waals surface area contributed by atoms with Crippen LogP contribution in [0.5, 0.6) is 0 Å². The molecule has 3 nitrogen and oxygen atoms in total. The van der Waals surface area contributed by atoms with Gasteiger partial charge in [-0.2, -0.15) is 0 Å². The molecule has 0 aromatic rings. The summed E-state index contributed by atoms with van der Waals surface area (Å²) in [6.45, 7) is 8.95. The highest BCUT2D eigenvalue weighted by Gasteiger charge is 2.41. The summed E-state index contributed by atoms with van der Waals surface area (Å²) in [5, 5.41) is 1.05. The number of thioether (sulfide) groups is 2. The highest BCUT2D eigenvalue weighted by Crippen LogP contribution is 2.64. The fourth-order valence-electron chi connectivity index (χ4n) is 1.68. The van der Waals surface area contributed by atoms with Crippen LogP contribution in [0.1, 0.15) is 34.1 Å². The van der Waals surface area contributed by atoms with Crippen LogP contribution in [-0.4, -0.2) is 28.0 Å². The van der Waals surface area contributed by atoms with E-state index in [1.807, 2.05) is 13.8 Å². The second-order valence-corrected chi connectivity index (χ2v) is 10.0. The molecule has 1 saturated heterocycles. The summed E-state index contributed by atoms with van der Waals surface area (Å²) < 4.78 is 23.3. The molecule has 0 amide bonds. The fourth-order valence-corrected chi connectivity index (χ4v) is 8.99. The molecule has 3 atom stereocenters. The highest BCUT2D eigenvalue weighted by atomic mass is 32.2. The molecule has 1 unspecified atom stereocenters. The van der Waals surface area contributed by atoms with Gasteiger partial charge in [0.1, 0.15) is 0 Å². The van der Waals surface area contributed by atoms with Gasteiger partial charge in [-0.15, -0.1) is 23.5 Å². The van der Waals surface area contributed by atoms with Gasteiger partial charge in [0.15, 0.2) is 4.32 Å². The van der Waals surface area contributed by atoms with Gasteiger partial charge in [0.2, 0.25) is 0 Å². The quantitative estimate of drug-likeness (QED) is 0.708. The zero-order valence-corrected chi connectivity index (χ0v) is 12.9. The second kappa shape index (κ2) is 6.69. The minimum absolute atomic E-state index is 0.0638. The van der Waals surface area contributed by atoms with Gasteiger partial charge >= 0.3 is 7.60 Å². The standard InChI is InChI=1S/C10H21O3PS2/c1-5-12-14(11,13-6-2)10-15-8(3)7-9(4)16-10/h8-10H,5-7H2,1-4H3/t8-,9+,10?. The summed E-state index contributed by atoms with van der Waals surface area (Å²) in [5.74, 6) is 0.